The standard InChI is InChI=1S/C25H28N8O/c1-30(12-9-20-5-3-2-4-6-20)22-10-13-31(14-11-22)25(34)21-7-8-23(32-18-26-16-28-32)24(15-21)33-19-27-17-29-33/h2-8,15-19,22H,9-14H2,1H3. The lowest BCUT2D eigenvalue weighted by atomic mass is 10.0. The molecule has 1 amide bonds. The molecule has 1 aliphatic rings. The summed E-state index contributed by atoms with van der Waals surface area (Å²) in [5.41, 5.74) is 3.49. The number of benzene rings is 2. The van der Waals surface area contributed by atoms with Gasteiger partial charge in [-0.05, 0) is 50.1 Å². The number of likely N-dealkylation sites (N-methyl/N-ethyl adjacent to an activating group) is 1. The van der Waals surface area contributed by atoms with Gasteiger partial charge in [0.1, 0.15) is 25.3 Å². The highest BCUT2D eigenvalue weighted by molar-refractivity contribution is 5.95. The third-order valence-corrected chi connectivity index (χ3v) is 6.52. The zero-order valence-corrected chi connectivity index (χ0v) is 19.2. The topological polar surface area (TPSA) is 85.0 Å². The number of hydrogen-bond donors (Lipinski definition) is 0. The van der Waals surface area contributed by atoms with Crippen LogP contribution in [0.4, 0.5) is 0 Å². The first-order chi connectivity index (χ1) is 16.7. The maximum absolute atomic E-state index is 13.3. The maximum atomic E-state index is 13.3. The molecular formula is C25H28N8O. The molecule has 1 aliphatic heterocycles. The van der Waals surface area contributed by atoms with Crippen LogP contribution >= 0.6 is 0 Å². The molecule has 2 aromatic heterocycles. The molecule has 0 atom stereocenters. The zero-order chi connectivity index (χ0) is 23.3. The van der Waals surface area contributed by atoms with Crippen molar-refractivity contribution in [2.24, 2.45) is 0 Å². The molecule has 0 radical (unpaired) electrons. The highest BCUT2D eigenvalue weighted by Gasteiger charge is 2.26. The van der Waals surface area contributed by atoms with E-state index in [-0.39, 0.29) is 5.91 Å². The lowest BCUT2D eigenvalue weighted by Gasteiger charge is -2.37. The van der Waals surface area contributed by atoms with E-state index in [1.165, 1.54) is 18.2 Å². The fraction of sp³-hybridized carbons (Fsp3) is 0.320. The van der Waals surface area contributed by atoms with Crippen molar-refractivity contribution in [2.45, 2.75) is 25.3 Å². The van der Waals surface area contributed by atoms with Gasteiger partial charge in [-0.25, -0.2) is 19.3 Å². The Hall–Kier alpha value is -3.85. The van der Waals surface area contributed by atoms with Gasteiger partial charge >= 0.3 is 0 Å². The predicted octanol–water partition coefficient (Wildman–Crippen LogP) is 2.63. The van der Waals surface area contributed by atoms with E-state index in [4.69, 9.17) is 0 Å². The first kappa shape index (κ1) is 22.0. The van der Waals surface area contributed by atoms with E-state index < -0.39 is 0 Å². The average Bonchev–Trinajstić information content (AvgIpc) is 3.62. The molecule has 0 unspecified atom stereocenters. The molecule has 0 aliphatic carbocycles. The molecule has 9 heteroatoms. The van der Waals surface area contributed by atoms with Crippen LogP contribution in [0.5, 0.6) is 0 Å². The van der Waals surface area contributed by atoms with Crippen LogP contribution in [-0.4, -0.2) is 78.0 Å². The number of aromatic nitrogens is 6. The molecule has 0 saturated carbocycles. The minimum atomic E-state index is 0.0388. The second-order valence-electron chi connectivity index (χ2n) is 8.62. The fourth-order valence-electron chi connectivity index (χ4n) is 4.52. The first-order valence-electron chi connectivity index (χ1n) is 11.6. The van der Waals surface area contributed by atoms with Gasteiger partial charge < -0.3 is 9.80 Å². The van der Waals surface area contributed by atoms with Crippen LogP contribution < -0.4 is 0 Å². The molecule has 174 valence electrons. The molecule has 34 heavy (non-hydrogen) atoms. The maximum Gasteiger partial charge on any atom is 0.253 e. The number of hydrogen-bond acceptors (Lipinski definition) is 6. The smallest absolute Gasteiger partial charge is 0.253 e. The summed E-state index contributed by atoms with van der Waals surface area (Å²) in [5, 5.41) is 8.48. The number of likely N-dealkylation sites (tertiary alicyclic amines) is 1. The largest absolute Gasteiger partial charge is 0.339 e. The molecule has 0 spiro atoms. The van der Waals surface area contributed by atoms with Crippen molar-refractivity contribution in [1.29, 1.82) is 0 Å². The number of piperidine rings is 1. The summed E-state index contributed by atoms with van der Waals surface area (Å²) < 4.78 is 3.30. The van der Waals surface area contributed by atoms with Gasteiger partial charge in [-0.3, -0.25) is 4.79 Å². The molecule has 0 bridgehead atoms. The molecule has 2 aromatic carbocycles. The van der Waals surface area contributed by atoms with E-state index in [1.807, 2.05) is 23.1 Å². The van der Waals surface area contributed by atoms with Crippen molar-refractivity contribution in [1.82, 2.24) is 39.3 Å². The van der Waals surface area contributed by atoms with Crippen LogP contribution in [0.2, 0.25) is 0 Å². The monoisotopic (exact) mass is 456 g/mol. The molecular weight excluding hydrogens is 428 g/mol. The van der Waals surface area contributed by atoms with Gasteiger partial charge in [-0.1, -0.05) is 30.3 Å². The molecule has 1 fully saturated rings. The van der Waals surface area contributed by atoms with Gasteiger partial charge in [0.15, 0.2) is 0 Å². The molecule has 4 aromatic rings. The minimum absolute atomic E-state index is 0.0388. The Morgan fingerprint density at radius 2 is 1.62 bits per heavy atom. The van der Waals surface area contributed by atoms with Crippen molar-refractivity contribution in [3.63, 3.8) is 0 Å². The Morgan fingerprint density at radius 3 is 2.26 bits per heavy atom. The van der Waals surface area contributed by atoms with E-state index in [2.05, 4.69) is 62.4 Å². The van der Waals surface area contributed by atoms with Crippen LogP contribution in [0.15, 0.2) is 73.8 Å². The summed E-state index contributed by atoms with van der Waals surface area (Å²) in [5.74, 6) is 0.0388. The Balaban J connectivity index is 1.24. The molecule has 9 nitrogen and oxygen atoms in total. The van der Waals surface area contributed by atoms with Crippen molar-refractivity contribution in [3.05, 3.63) is 85.0 Å². The van der Waals surface area contributed by atoms with Gasteiger partial charge in [0.25, 0.3) is 5.91 Å². The van der Waals surface area contributed by atoms with Crippen LogP contribution in [0.3, 0.4) is 0 Å². The van der Waals surface area contributed by atoms with Crippen molar-refractivity contribution >= 4 is 5.91 Å². The third kappa shape index (κ3) is 4.74. The van der Waals surface area contributed by atoms with Crippen molar-refractivity contribution in [2.75, 3.05) is 26.7 Å². The summed E-state index contributed by atoms with van der Waals surface area (Å²) in [6.07, 6.45) is 9.18. The van der Waals surface area contributed by atoms with Crippen LogP contribution in [0, 0.1) is 0 Å². The fourth-order valence-corrected chi connectivity index (χ4v) is 4.52. The summed E-state index contributed by atoms with van der Waals surface area (Å²) in [6.45, 7) is 2.53. The van der Waals surface area contributed by atoms with Crippen molar-refractivity contribution < 1.29 is 4.79 Å². The lowest BCUT2D eigenvalue weighted by Crippen LogP contribution is -2.46. The highest BCUT2D eigenvalue weighted by Crippen LogP contribution is 2.23. The Kier molecular flexibility index (Phi) is 6.44. The van der Waals surface area contributed by atoms with E-state index in [0.29, 0.717) is 11.6 Å². The average molecular weight is 457 g/mol. The second kappa shape index (κ2) is 9.96. The second-order valence-corrected chi connectivity index (χ2v) is 8.62. The Labute approximate surface area is 198 Å². The zero-order valence-electron chi connectivity index (χ0n) is 19.2. The number of rotatable bonds is 7. The number of carbonyl (C=O) groups is 1. The quantitative estimate of drug-likeness (QED) is 0.425. The Morgan fingerprint density at radius 1 is 0.941 bits per heavy atom. The number of nitrogens with zero attached hydrogens (tertiary/aromatic N) is 8. The van der Waals surface area contributed by atoms with Crippen molar-refractivity contribution in [3.8, 4) is 11.4 Å². The van der Waals surface area contributed by atoms with E-state index >= 15 is 0 Å². The Bertz CT molecular complexity index is 1200. The number of carbonyl (C=O) groups excluding carboxylic acids is 1. The molecule has 0 N–H and O–H groups in total. The predicted molar refractivity (Wildman–Crippen MR) is 128 cm³/mol. The van der Waals surface area contributed by atoms with Gasteiger partial charge in [0.2, 0.25) is 0 Å². The van der Waals surface area contributed by atoms with Crippen LogP contribution in [0.1, 0.15) is 28.8 Å². The SMILES string of the molecule is CN(CCc1ccccc1)C1CCN(C(=O)c2ccc(-n3cncn3)c(-n3cncn3)c2)CC1. The van der Waals surface area contributed by atoms with E-state index in [1.54, 1.807) is 22.0 Å². The van der Waals surface area contributed by atoms with E-state index in [9.17, 15) is 4.79 Å². The normalized spacial score (nSPS) is 14.6. The number of amides is 1. The molecule has 1 saturated heterocycles. The minimum Gasteiger partial charge on any atom is -0.339 e. The van der Waals surface area contributed by atoms with Crippen LogP contribution in [-0.2, 0) is 6.42 Å². The van der Waals surface area contributed by atoms with Crippen LogP contribution in [0.25, 0.3) is 11.4 Å². The molecule has 5 rings (SSSR count). The van der Waals surface area contributed by atoms with Gasteiger partial charge in [0, 0.05) is 31.2 Å². The highest BCUT2D eigenvalue weighted by atomic mass is 16.2. The van der Waals surface area contributed by atoms with Gasteiger partial charge in [-0.15, -0.1) is 0 Å². The van der Waals surface area contributed by atoms with E-state index in [0.717, 1.165) is 50.3 Å². The summed E-state index contributed by atoms with van der Waals surface area (Å²) in [6, 6.07) is 16.7. The summed E-state index contributed by atoms with van der Waals surface area (Å²) in [7, 11) is 2.19. The summed E-state index contributed by atoms with van der Waals surface area (Å²) in [4.78, 5) is 25.8. The van der Waals surface area contributed by atoms with Gasteiger partial charge in [0.05, 0.1) is 11.4 Å². The lowest BCUT2D eigenvalue weighted by molar-refractivity contribution is 0.0647. The van der Waals surface area contributed by atoms with Gasteiger partial charge in [-0.2, -0.15) is 10.2 Å². The third-order valence-electron chi connectivity index (χ3n) is 6.52. The molecule has 3 heterocycles. The summed E-state index contributed by atoms with van der Waals surface area (Å²) >= 11 is 0. The first-order valence-corrected chi connectivity index (χ1v) is 11.6.